The van der Waals surface area contributed by atoms with Gasteiger partial charge < -0.3 is 19.7 Å². The van der Waals surface area contributed by atoms with E-state index >= 15 is 0 Å². The molecule has 3 unspecified atom stereocenters. The molecule has 0 aromatic carbocycles. The molecule has 2 aliphatic heterocycles. The monoisotopic (exact) mass is 270 g/mol. The van der Waals surface area contributed by atoms with Gasteiger partial charge in [-0.25, -0.2) is 0 Å². The fourth-order valence-electron chi connectivity index (χ4n) is 3.07. The molecule has 2 aliphatic rings. The number of likely N-dealkylation sites (N-methyl/N-ethyl adjacent to an activating group) is 1. The van der Waals surface area contributed by atoms with Crippen LogP contribution in [0.4, 0.5) is 0 Å². The average molecular weight is 270 g/mol. The van der Waals surface area contributed by atoms with E-state index < -0.39 is 0 Å². The summed E-state index contributed by atoms with van der Waals surface area (Å²) >= 11 is 0. The van der Waals surface area contributed by atoms with Crippen molar-refractivity contribution < 1.29 is 9.47 Å². The molecule has 2 rings (SSSR count). The van der Waals surface area contributed by atoms with E-state index in [9.17, 15) is 0 Å². The van der Waals surface area contributed by atoms with Crippen molar-refractivity contribution in [1.82, 2.24) is 10.2 Å². The molecule has 2 saturated heterocycles. The Morgan fingerprint density at radius 1 is 1.21 bits per heavy atom. The molecule has 4 heteroatoms. The maximum atomic E-state index is 5.75. The van der Waals surface area contributed by atoms with Gasteiger partial charge in [-0.05, 0) is 32.4 Å². The molecule has 0 aliphatic carbocycles. The molecule has 0 radical (unpaired) electrons. The quantitative estimate of drug-likeness (QED) is 0.725. The van der Waals surface area contributed by atoms with E-state index in [0.29, 0.717) is 18.1 Å². The Balaban J connectivity index is 1.75. The SMILES string of the molecule is CCCNC1COCC1CN(CC)CC1CCCO1. The smallest absolute Gasteiger partial charge is 0.0702 e. The Morgan fingerprint density at radius 3 is 2.79 bits per heavy atom. The predicted octanol–water partition coefficient (Wildman–Crippen LogP) is 1.50. The first-order chi connectivity index (χ1) is 9.33. The second kappa shape index (κ2) is 8.20. The third kappa shape index (κ3) is 4.71. The van der Waals surface area contributed by atoms with Crippen molar-refractivity contribution in [1.29, 1.82) is 0 Å². The van der Waals surface area contributed by atoms with E-state index in [1.165, 1.54) is 19.3 Å². The Labute approximate surface area is 117 Å². The Kier molecular flexibility index (Phi) is 6.57. The number of ether oxygens (including phenoxy) is 2. The van der Waals surface area contributed by atoms with E-state index in [-0.39, 0.29) is 0 Å². The molecule has 0 spiro atoms. The molecule has 0 aromatic rings. The third-order valence-electron chi connectivity index (χ3n) is 4.28. The Bertz CT molecular complexity index is 244. The molecule has 19 heavy (non-hydrogen) atoms. The summed E-state index contributed by atoms with van der Waals surface area (Å²) in [7, 11) is 0. The molecule has 3 atom stereocenters. The van der Waals surface area contributed by atoms with Crippen LogP contribution in [0, 0.1) is 5.92 Å². The highest BCUT2D eigenvalue weighted by atomic mass is 16.5. The van der Waals surface area contributed by atoms with E-state index in [4.69, 9.17) is 9.47 Å². The lowest BCUT2D eigenvalue weighted by Gasteiger charge is -2.28. The van der Waals surface area contributed by atoms with Gasteiger partial charge in [-0.3, -0.25) is 0 Å². The minimum absolute atomic E-state index is 0.462. The second-order valence-corrected chi connectivity index (χ2v) is 5.85. The highest BCUT2D eigenvalue weighted by Crippen LogP contribution is 2.18. The standard InChI is InChI=1S/C15H30N2O2/c1-3-7-16-15-12-18-11-13(15)9-17(4-2)10-14-6-5-8-19-14/h13-16H,3-12H2,1-2H3. The third-order valence-corrected chi connectivity index (χ3v) is 4.28. The minimum atomic E-state index is 0.462. The number of rotatable bonds is 8. The first-order valence-electron chi connectivity index (χ1n) is 7.98. The van der Waals surface area contributed by atoms with Gasteiger partial charge in [0.1, 0.15) is 0 Å². The van der Waals surface area contributed by atoms with Crippen molar-refractivity contribution in [3.05, 3.63) is 0 Å². The molecule has 4 nitrogen and oxygen atoms in total. The number of hydrogen-bond acceptors (Lipinski definition) is 4. The Morgan fingerprint density at radius 2 is 2.11 bits per heavy atom. The van der Waals surface area contributed by atoms with E-state index in [2.05, 4.69) is 24.1 Å². The molecule has 0 bridgehead atoms. The fraction of sp³-hybridized carbons (Fsp3) is 1.00. The summed E-state index contributed by atoms with van der Waals surface area (Å²) in [5.74, 6) is 0.632. The van der Waals surface area contributed by atoms with E-state index in [1.54, 1.807) is 0 Å². The van der Waals surface area contributed by atoms with Crippen LogP contribution < -0.4 is 5.32 Å². The van der Waals surface area contributed by atoms with Crippen LogP contribution in [0.15, 0.2) is 0 Å². The number of hydrogen-bond donors (Lipinski definition) is 1. The topological polar surface area (TPSA) is 33.7 Å². The maximum absolute atomic E-state index is 5.75. The summed E-state index contributed by atoms with van der Waals surface area (Å²) < 4.78 is 11.4. The highest BCUT2D eigenvalue weighted by molar-refractivity contribution is 4.84. The van der Waals surface area contributed by atoms with Crippen molar-refractivity contribution in [3.8, 4) is 0 Å². The molecule has 2 heterocycles. The lowest BCUT2D eigenvalue weighted by atomic mass is 10.0. The summed E-state index contributed by atoms with van der Waals surface area (Å²) in [5.41, 5.74) is 0. The van der Waals surface area contributed by atoms with Gasteiger partial charge in [0.05, 0.1) is 19.3 Å². The lowest BCUT2D eigenvalue weighted by molar-refractivity contribution is 0.0670. The van der Waals surface area contributed by atoms with Crippen molar-refractivity contribution >= 4 is 0 Å². The van der Waals surface area contributed by atoms with Gasteiger partial charge in [-0.1, -0.05) is 13.8 Å². The van der Waals surface area contributed by atoms with Crippen LogP contribution in [0.2, 0.25) is 0 Å². The summed E-state index contributed by atoms with van der Waals surface area (Å²) in [4.78, 5) is 2.54. The number of nitrogens with zero attached hydrogens (tertiary/aromatic N) is 1. The molecule has 2 fully saturated rings. The summed E-state index contributed by atoms with van der Waals surface area (Å²) in [6, 6.07) is 0.540. The summed E-state index contributed by atoms with van der Waals surface area (Å²) in [6.07, 6.45) is 4.12. The van der Waals surface area contributed by atoms with Crippen molar-refractivity contribution in [3.63, 3.8) is 0 Å². The number of nitrogens with one attached hydrogen (secondary N) is 1. The molecule has 0 aromatic heterocycles. The maximum Gasteiger partial charge on any atom is 0.0702 e. The van der Waals surface area contributed by atoms with Gasteiger partial charge in [-0.15, -0.1) is 0 Å². The fourth-order valence-corrected chi connectivity index (χ4v) is 3.07. The zero-order chi connectivity index (χ0) is 13.5. The van der Waals surface area contributed by atoms with Crippen molar-refractivity contribution in [2.45, 2.75) is 45.3 Å². The van der Waals surface area contributed by atoms with Gasteiger partial charge in [0.2, 0.25) is 0 Å². The van der Waals surface area contributed by atoms with Crippen molar-refractivity contribution in [2.75, 3.05) is 46.0 Å². The van der Waals surface area contributed by atoms with Crippen molar-refractivity contribution in [2.24, 2.45) is 5.92 Å². The zero-order valence-electron chi connectivity index (χ0n) is 12.6. The molecule has 0 amide bonds. The second-order valence-electron chi connectivity index (χ2n) is 5.85. The first-order valence-corrected chi connectivity index (χ1v) is 7.98. The Hall–Kier alpha value is -0.160. The van der Waals surface area contributed by atoms with Crippen LogP contribution in [0.3, 0.4) is 0 Å². The van der Waals surface area contributed by atoms with Crippen LogP contribution in [-0.2, 0) is 9.47 Å². The normalized spacial score (nSPS) is 31.4. The molecule has 1 N–H and O–H groups in total. The molecular weight excluding hydrogens is 240 g/mol. The van der Waals surface area contributed by atoms with Gasteiger partial charge in [-0.2, -0.15) is 0 Å². The van der Waals surface area contributed by atoms with Crippen LogP contribution >= 0.6 is 0 Å². The molecule has 0 saturated carbocycles. The summed E-state index contributed by atoms with van der Waals surface area (Å²) in [5, 5.41) is 3.62. The van der Waals surface area contributed by atoms with Gasteiger partial charge in [0.15, 0.2) is 0 Å². The van der Waals surface area contributed by atoms with Gasteiger partial charge in [0, 0.05) is 31.7 Å². The molecule has 112 valence electrons. The molecular formula is C15H30N2O2. The van der Waals surface area contributed by atoms with E-state index in [1.807, 2.05) is 0 Å². The van der Waals surface area contributed by atoms with Gasteiger partial charge in [0.25, 0.3) is 0 Å². The summed E-state index contributed by atoms with van der Waals surface area (Å²) in [6.45, 7) is 11.6. The van der Waals surface area contributed by atoms with Crippen LogP contribution in [0.25, 0.3) is 0 Å². The van der Waals surface area contributed by atoms with E-state index in [0.717, 1.165) is 46.0 Å². The minimum Gasteiger partial charge on any atom is -0.379 e. The van der Waals surface area contributed by atoms with Crippen LogP contribution in [0.5, 0.6) is 0 Å². The lowest BCUT2D eigenvalue weighted by Crippen LogP contribution is -2.43. The zero-order valence-corrected chi connectivity index (χ0v) is 12.6. The highest BCUT2D eigenvalue weighted by Gasteiger charge is 2.30. The predicted molar refractivity (Wildman–Crippen MR) is 77.5 cm³/mol. The first kappa shape index (κ1) is 15.2. The largest absolute Gasteiger partial charge is 0.379 e. The van der Waals surface area contributed by atoms with Crippen LogP contribution in [0.1, 0.15) is 33.1 Å². The average Bonchev–Trinajstić information content (AvgIpc) is 3.07. The van der Waals surface area contributed by atoms with Gasteiger partial charge >= 0.3 is 0 Å². The van der Waals surface area contributed by atoms with Crippen LogP contribution in [-0.4, -0.2) is 63.0 Å².